The fourth-order valence-corrected chi connectivity index (χ4v) is 3.18. The van der Waals surface area contributed by atoms with Crippen LogP contribution in [0.2, 0.25) is 5.02 Å². The zero-order valence-corrected chi connectivity index (χ0v) is 14.3. The number of nitrogens with zero attached hydrogens (tertiary/aromatic N) is 2. The van der Waals surface area contributed by atoms with Crippen molar-refractivity contribution < 1.29 is 9.53 Å². The Morgan fingerprint density at radius 2 is 2.23 bits per heavy atom. The van der Waals surface area contributed by atoms with Crippen molar-refractivity contribution in [3.63, 3.8) is 0 Å². The first-order valence-corrected chi connectivity index (χ1v) is 7.87. The van der Waals surface area contributed by atoms with Gasteiger partial charge in [-0.3, -0.25) is 4.79 Å². The first kappa shape index (κ1) is 16.5. The molecular weight excluding hydrogens is 320 g/mol. The van der Waals surface area contributed by atoms with Crippen LogP contribution in [-0.4, -0.2) is 17.6 Å². The summed E-state index contributed by atoms with van der Waals surface area (Å²) in [5.41, 5.74) is 1.43. The number of thiazole rings is 1. The lowest BCUT2D eigenvalue weighted by atomic mass is 10.2. The number of amides is 1. The van der Waals surface area contributed by atoms with Crippen LogP contribution < -0.4 is 9.54 Å². The molecule has 1 aromatic heterocycles. The van der Waals surface area contributed by atoms with Gasteiger partial charge in [0.2, 0.25) is 0 Å². The average Bonchev–Trinajstić information content (AvgIpc) is 2.75. The van der Waals surface area contributed by atoms with Crippen LogP contribution in [0.15, 0.2) is 35.8 Å². The van der Waals surface area contributed by atoms with Crippen LogP contribution >= 0.6 is 22.9 Å². The predicted octanol–water partition coefficient (Wildman–Crippen LogP) is 3.76. The van der Waals surface area contributed by atoms with Gasteiger partial charge in [-0.15, -0.1) is 17.9 Å². The maximum absolute atomic E-state index is 12.5. The van der Waals surface area contributed by atoms with Crippen LogP contribution in [0.4, 0.5) is 0 Å². The summed E-state index contributed by atoms with van der Waals surface area (Å²) in [4.78, 5) is 18.5. The maximum Gasteiger partial charge on any atom is 0.283 e. The van der Waals surface area contributed by atoms with Crippen molar-refractivity contribution in [2.45, 2.75) is 20.4 Å². The fraction of sp³-hybridized carbons (Fsp3) is 0.250. The molecule has 6 heteroatoms. The minimum absolute atomic E-state index is 0.351. The Morgan fingerprint density at radius 1 is 1.50 bits per heavy atom. The number of hydrogen-bond acceptors (Lipinski definition) is 3. The number of carbonyl (C=O) groups is 1. The molecule has 22 heavy (non-hydrogen) atoms. The molecule has 0 aliphatic rings. The van der Waals surface area contributed by atoms with Gasteiger partial charge in [-0.2, -0.15) is 4.99 Å². The number of ether oxygens (including phenoxy) is 1. The highest BCUT2D eigenvalue weighted by molar-refractivity contribution is 7.09. The van der Waals surface area contributed by atoms with Crippen molar-refractivity contribution in [3.05, 3.63) is 56.8 Å². The number of hydrogen-bond donors (Lipinski definition) is 0. The van der Waals surface area contributed by atoms with Gasteiger partial charge in [0.25, 0.3) is 5.91 Å². The molecule has 0 radical (unpaired) electrons. The number of halogens is 1. The van der Waals surface area contributed by atoms with E-state index in [1.54, 1.807) is 24.3 Å². The summed E-state index contributed by atoms with van der Waals surface area (Å²) in [6.45, 7) is 8.35. The molecule has 2 rings (SSSR count). The molecule has 0 aliphatic heterocycles. The first-order chi connectivity index (χ1) is 10.5. The number of aryl methyl sites for hydroxylation is 1. The molecule has 0 saturated carbocycles. The molecule has 0 spiro atoms. The zero-order chi connectivity index (χ0) is 16.3. The fourth-order valence-electron chi connectivity index (χ4n) is 2.02. The highest BCUT2D eigenvalue weighted by Crippen LogP contribution is 2.23. The second-order valence-electron chi connectivity index (χ2n) is 4.69. The molecule has 0 aliphatic carbocycles. The van der Waals surface area contributed by atoms with E-state index in [-0.39, 0.29) is 5.91 Å². The summed E-state index contributed by atoms with van der Waals surface area (Å²) < 4.78 is 7.17. The van der Waals surface area contributed by atoms with Gasteiger partial charge < -0.3 is 9.30 Å². The van der Waals surface area contributed by atoms with Crippen LogP contribution in [-0.2, 0) is 6.54 Å². The monoisotopic (exact) mass is 336 g/mol. The number of methoxy groups -OCH3 is 1. The summed E-state index contributed by atoms with van der Waals surface area (Å²) in [6.07, 6.45) is 1.78. The Balaban J connectivity index is 2.54. The molecule has 1 amide bonds. The van der Waals surface area contributed by atoms with E-state index in [1.807, 2.05) is 18.4 Å². The van der Waals surface area contributed by atoms with Gasteiger partial charge in [0.1, 0.15) is 5.75 Å². The van der Waals surface area contributed by atoms with Crippen molar-refractivity contribution in [3.8, 4) is 5.75 Å². The van der Waals surface area contributed by atoms with E-state index in [9.17, 15) is 4.79 Å². The van der Waals surface area contributed by atoms with E-state index < -0.39 is 0 Å². The van der Waals surface area contributed by atoms with Crippen molar-refractivity contribution in [2.24, 2.45) is 4.99 Å². The van der Waals surface area contributed by atoms with E-state index in [4.69, 9.17) is 16.3 Å². The normalized spacial score (nSPS) is 11.5. The minimum atomic E-state index is -0.376. The Morgan fingerprint density at radius 3 is 2.86 bits per heavy atom. The maximum atomic E-state index is 12.5. The van der Waals surface area contributed by atoms with Gasteiger partial charge in [0.05, 0.1) is 12.7 Å². The number of carbonyl (C=O) groups excluding carboxylic acids is 1. The van der Waals surface area contributed by atoms with Crippen LogP contribution in [0.3, 0.4) is 0 Å². The highest BCUT2D eigenvalue weighted by Gasteiger charge is 2.13. The standard InChI is InChI=1S/C16H17ClN2O2S/c1-5-8-19-10(2)11(3)22-16(19)18-15(20)13-9-12(17)6-7-14(13)21-4/h5-7,9H,1,8H2,2-4H3. The lowest BCUT2D eigenvalue weighted by molar-refractivity contribution is 0.0995. The largest absolute Gasteiger partial charge is 0.496 e. The van der Waals surface area contributed by atoms with E-state index >= 15 is 0 Å². The summed E-state index contributed by atoms with van der Waals surface area (Å²) in [5, 5.41) is 0.469. The van der Waals surface area contributed by atoms with Gasteiger partial charge in [-0.05, 0) is 32.0 Å². The Kier molecular flexibility index (Phi) is 5.21. The summed E-state index contributed by atoms with van der Waals surface area (Å²) >= 11 is 7.44. The van der Waals surface area contributed by atoms with Crippen molar-refractivity contribution in [1.29, 1.82) is 0 Å². The number of benzene rings is 1. The van der Waals surface area contributed by atoms with E-state index in [1.165, 1.54) is 18.4 Å². The molecule has 0 bridgehead atoms. The highest BCUT2D eigenvalue weighted by atomic mass is 35.5. The number of allylic oxidation sites excluding steroid dienone is 1. The Labute approximate surface area is 138 Å². The van der Waals surface area contributed by atoms with Gasteiger partial charge in [0.15, 0.2) is 4.80 Å². The molecule has 0 saturated heterocycles. The van der Waals surface area contributed by atoms with E-state index in [2.05, 4.69) is 11.6 Å². The predicted molar refractivity (Wildman–Crippen MR) is 89.9 cm³/mol. The van der Waals surface area contributed by atoms with E-state index in [0.717, 1.165) is 10.6 Å². The zero-order valence-electron chi connectivity index (χ0n) is 12.7. The molecule has 1 heterocycles. The smallest absolute Gasteiger partial charge is 0.283 e. The van der Waals surface area contributed by atoms with E-state index in [0.29, 0.717) is 27.7 Å². The SMILES string of the molecule is C=CCn1c(C)c(C)sc1=NC(=O)c1cc(Cl)ccc1OC. The Bertz CT molecular complexity index is 790. The van der Waals surface area contributed by atoms with Crippen LogP contribution in [0, 0.1) is 13.8 Å². The molecule has 0 atom stereocenters. The molecule has 0 unspecified atom stereocenters. The quantitative estimate of drug-likeness (QED) is 0.798. The third kappa shape index (κ3) is 3.31. The third-order valence-electron chi connectivity index (χ3n) is 3.29. The average molecular weight is 337 g/mol. The van der Waals surface area contributed by atoms with Gasteiger partial charge in [0, 0.05) is 22.1 Å². The molecule has 116 valence electrons. The molecule has 1 aromatic carbocycles. The third-order valence-corrected chi connectivity index (χ3v) is 4.62. The molecule has 4 nitrogen and oxygen atoms in total. The second-order valence-corrected chi connectivity index (χ2v) is 6.31. The molecule has 0 fully saturated rings. The lowest BCUT2D eigenvalue weighted by Crippen LogP contribution is -2.17. The topological polar surface area (TPSA) is 43.6 Å². The Hall–Kier alpha value is -1.85. The van der Waals surface area contributed by atoms with Gasteiger partial charge in [-0.1, -0.05) is 17.7 Å². The molecular formula is C16H17ClN2O2S. The lowest BCUT2D eigenvalue weighted by Gasteiger charge is -2.05. The van der Waals surface area contributed by atoms with Crippen LogP contribution in [0.1, 0.15) is 20.9 Å². The molecule has 2 aromatic rings. The van der Waals surface area contributed by atoms with Crippen molar-refractivity contribution in [2.75, 3.05) is 7.11 Å². The van der Waals surface area contributed by atoms with Crippen molar-refractivity contribution >= 4 is 28.8 Å². The van der Waals surface area contributed by atoms with Crippen LogP contribution in [0.5, 0.6) is 5.75 Å². The van der Waals surface area contributed by atoms with Crippen LogP contribution in [0.25, 0.3) is 0 Å². The van der Waals surface area contributed by atoms with Gasteiger partial charge >= 0.3 is 0 Å². The first-order valence-electron chi connectivity index (χ1n) is 6.68. The second kappa shape index (κ2) is 6.94. The number of aromatic nitrogens is 1. The van der Waals surface area contributed by atoms with Crippen molar-refractivity contribution in [1.82, 2.24) is 4.57 Å². The van der Waals surface area contributed by atoms with Gasteiger partial charge in [-0.25, -0.2) is 0 Å². The molecule has 0 N–H and O–H groups in total. The summed E-state index contributed by atoms with van der Waals surface area (Å²) in [5.74, 6) is 0.0804. The number of rotatable bonds is 4. The minimum Gasteiger partial charge on any atom is -0.496 e. The summed E-state index contributed by atoms with van der Waals surface area (Å²) in [6, 6.07) is 4.90. The summed E-state index contributed by atoms with van der Waals surface area (Å²) in [7, 11) is 1.51.